The van der Waals surface area contributed by atoms with E-state index in [0.717, 1.165) is 34.6 Å². The van der Waals surface area contributed by atoms with Gasteiger partial charge in [-0.2, -0.15) is 0 Å². The van der Waals surface area contributed by atoms with Crippen LogP contribution in [0.5, 0.6) is 0 Å². The summed E-state index contributed by atoms with van der Waals surface area (Å²) in [7, 11) is 0. The lowest BCUT2D eigenvalue weighted by atomic mass is 9.78. The number of aromatic amines is 1. The lowest BCUT2D eigenvalue weighted by Crippen LogP contribution is -2.27. The molecule has 1 N–H and O–H groups in total. The van der Waals surface area contributed by atoms with Crippen molar-refractivity contribution >= 4 is 12.2 Å². The van der Waals surface area contributed by atoms with Crippen molar-refractivity contribution in [3.05, 3.63) is 57.6 Å². The quantitative estimate of drug-likeness (QED) is 0.815. The third-order valence-electron chi connectivity index (χ3n) is 4.64. The fourth-order valence-corrected chi connectivity index (χ4v) is 3.51. The summed E-state index contributed by atoms with van der Waals surface area (Å²) in [5, 5.41) is 0. The second kappa shape index (κ2) is 5.13. The summed E-state index contributed by atoms with van der Waals surface area (Å²) in [6, 6.07) is 10.7. The third kappa shape index (κ3) is 2.10. The van der Waals surface area contributed by atoms with Gasteiger partial charge in [-0.15, -0.1) is 0 Å². The SMILES string of the molecule is Cc1[nH]c(C2(c3ccccc3)CCCC2)nc(=S)c1C. The summed E-state index contributed by atoms with van der Waals surface area (Å²) in [5.74, 6) is 1.05. The van der Waals surface area contributed by atoms with Gasteiger partial charge in [0, 0.05) is 11.3 Å². The van der Waals surface area contributed by atoms with E-state index >= 15 is 0 Å². The Kier molecular flexibility index (Phi) is 3.47. The number of rotatable bonds is 2. The van der Waals surface area contributed by atoms with E-state index in [9.17, 15) is 0 Å². The number of aromatic nitrogens is 2. The number of hydrogen-bond donors (Lipinski definition) is 1. The molecule has 1 aromatic heterocycles. The monoisotopic (exact) mass is 284 g/mol. The number of H-pyrrole nitrogens is 1. The van der Waals surface area contributed by atoms with E-state index in [0.29, 0.717) is 0 Å². The third-order valence-corrected chi connectivity index (χ3v) is 5.04. The molecule has 3 rings (SSSR count). The minimum absolute atomic E-state index is 0.0211. The van der Waals surface area contributed by atoms with Crippen molar-refractivity contribution in [3.63, 3.8) is 0 Å². The van der Waals surface area contributed by atoms with E-state index in [1.165, 1.54) is 18.4 Å². The second-order valence-corrected chi connectivity index (χ2v) is 6.18. The second-order valence-electron chi connectivity index (χ2n) is 5.80. The zero-order valence-electron chi connectivity index (χ0n) is 12.1. The first-order chi connectivity index (χ1) is 9.63. The molecule has 0 aliphatic heterocycles. The summed E-state index contributed by atoms with van der Waals surface area (Å²) in [6.07, 6.45) is 4.81. The van der Waals surface area contributed by atoms with Gasteiger partial charge in [0.05, 0.1) is 5.41 Å². The molecule has 0 bridgehead atoms. The molecule has 0 amide bonds. The normalized spacial score (nSPS) is 17.3. The molecule has 3 heteroatoms. The van der Waals surface area contributed by atoms with Gasteiger partial charge in [-0.25, -0.2) is 4.98 Å². The van der Waals surface area contributed by atoms with Gasteiger partial charge in [0.1, 0.15) is 10.5 Å². The van der Waals surface area contributed by atoms with Crippen molar-refractivity contribution in [2.45, 2.75) is 44.9 Å². The Morgan fingerprint density at radius 2 is 1.75 bits per heavy atom. The Hall–Kier alpha value is -1.48. The maximum Gasteiger partial charge on any atom is 0.132 e. The molecular formula is C17H20N2S. The summed E-state index contributed by atoms with van der Waals surface area (Å²) in [5.41, 5.74) is 3.61. The Bertz CT molecular complexity index is 667. The van der Waals surface area contributed by atoms with Crippen LogP contribution in [0.3, 0.4) is 0 Å². The van der Waals surface area contributed by atoms with Gasteiger partial charge < -0.3 is 4.98 Å². The van der Waals surface area contributed by atoms with Crippen LogP contribution in [0.15, 0.2) is 30.3 Å². The summed E-state index contributed by atoms with van der Waals surface area (Å²) in [6.45, 7) is 4.12. The topological polar surface area (TPSA) is 28.7 Å². The molecule has 0 atom stereocenters. The van der Waals surface area contributed by atoms with Crippen molar-refractivity contribution in [2.24, 2.45) is 0 Å². The summed E-state index contributed by atoms with van der Waals surface area (Å²) in [4.78, 5) is 8.24. The van der Waals surface area contributed by atoms with E-state index in [1.807, 2.05) is 6.92 Å². The summed E-state index contributed by atoms with van der Waals surface area (Å²) >= 11 is 5.43. The van der Waals surface area contributed by atoms with Gasteiger partial charge in [0.15, 0.2) is 0 Å². The first-order valence-electron chi connectivity index (χ1n) is 7.27. The van der Waals surface area contributed by atoms with E-state index in [4.69, 9.17) is 17.2 Å². The first-order valence-corrected chi connectivity index (χ1v) is 7.68. The molecule has 0 unspecified atom stereocenters. The van der Waals surface area contributed by atoms with E-state index in [2.05, 4.69) is 42.2 Å². The fourth-order valence-electron chi connectivity index (χ4n) is 3.27. The van der Waals surface area contributed by atoms with E-state index in [1.54, 1.807) is 0 Å². The Morgan fingerprint density at radius 3 is 2.35 bits per heavy atom. The van der Waals surface area contributed by atoms with Crippen molar-refractivity contribution in [3.8, 4) is 0 Å². The fraction of sp³-hybridized carbons (Fsp3) is 0.412. The van der Waals surface area contributed by atoms with Crippen LogP contribution >= 0.6 is 12.2 Å². The highest BCUT2D eigenvalue weighted by Gasteiger charge is 2.39. The van der Waals surface area contributed by atoms with E-state index < -0.39 is 0 Å². The minimum Gasteiger partial charge on any atom is -0.346 e. The molecule has 0 saturated heterocycles. The van der Waals surface area contributed by atoms with Crippen LogP contribution in [0.25, 0.3) is 0 Å². The van der Waals surface area contributed by atoms with Gasteiger partial charge in [-0.3, -0.25) is 0 Å². The molecule has 104 valence electrons. The Morgan fingerprint density at radius 1 is 1.10 bits per heavy atom. The number of benzene rings is 1. The molecule has 0 radical (unpaired) electrons. The molecule has 0 spiro atoms. The lowest BCUT2D eigenvalue weighted by Gasteiger charge is -2.29. The first kappa shape index (κ1) is 13.5. The number of aryl methyl sites for hydroxylation is 1. The highest BCUT2D eigenvalue weighted by molar-refractivity contribution is 7.71. The molecule has 1 aromatic carbocycles. The largest absolute Gasteiger partial charge is 0.346 e. The predicted octanol–water partition coefficient (Wildman–Crippen LogP) is 4.62. The highest BCUT2D eigenvalue weighted by atomic mass is 32.1. The smallest absolute Gasteiger partial charge is 0.132 e. The van der Waals surface area contributed by atoms with Crippen LogP contribution < -0.4 is 0 Å². The molecule has 1 fully saturated rings. The van der Waals surface area contributed by atoms with E-state index in [-0.39, 0.29) is 5.41 Å². The van der Waals surface area contributed by atoms with Crippen molar-refractivity contribution in [1.29, 1.82) is 0 Å². The Labute approximate surface area is 125 Å². The van der Waals surface area contributed by atoms with Crippen LogP contribution in [0.4, 0.5) is 0 Å². The van der Waals surface area contributed by atoms with Crippen LogP contribution in [-0.2, 0) is 5.41 Å². The van der Waals surface area contributed by atoms with Crippen LogP contribution in [-0.4, -0.2) is 9.97 Å². The molecule has 1 saturated carbocycles. The molecule has 1 aliphatic rings. The van der Waals surface area contributed by atoms with Crippen LogP contribution in [0.1, 0.15) is 48.3 Å². The molecule has 1 heterocycles. The predicted molar refractivity (Wildman–Crippen MR) is 84.6 cm³/mol. The van der Waals surface area contributed by atoms with Gasteiger partial charge in [-0.05, 0) is 32.3 Å². The van der Waals surface area contributed by atoms with Crippen molar-refractivity contribution < 1.29 is 0 Å². The molecule has 2 aromatic rings. The van der Waals surface area contributed by atoms with Crippen LogP contribution in [0.2, 0.25) is 0 Å². The number of hydrogen-bond acceptors (Lipinski definition) is 2. The molecular weight excluding hydrogens is 264 g/mol. The highest BCUT2D eigenvalue weighted by Crippen LogP contribution is 2.44. The average Bonchev–Trinajstić information content (AvgIpc) is 2.96. The Balaban J connectivity index is 2.20. The lowest BCUT2D eigenvalue weighted by molar-refractivity contribution is 0.496. The zero-order chi connectivity index (χ0) is 14.2. The maximum atomic E-state index is 5.43. The average molecular weight is 284 g/mol. The van der Waals surface area contributed by atoms with Crippen LogP contribution in [0, 0.1) is 18.5 Å². The van der Waals surface area contributed by atoms with Gasteiger partial charge in [-0.1, -0.05) is 55.4 Å². The summed E-state index contributed by atoms with van der Waals surface area (Å²) < 4.78 is 0.735. The van der Waals surface area contributed by atoms with Gasteiger partial charge in [0.25, 0.3) is 0 Å². The number of nitrogens with zero attached hydrogens (tertiary/aromatic N) is 1. The van der Waals surface area contributed by atoms with Crippen molar-refractivity contribution in [2.75, 3.05) is 0 Å². The minimum atomic E-state index is 0.0211. The standard InChI is InChI=1S/C17H20N2S/c1-12-13(2)18-16(19-15(12)20)17(10-6-7-11-17)14-8-4-3-5-9-14/h3-5,8-9H,6-7,10-11H2,1-2H3,(H,18,19,20). The molecule has 1 aliphatic carbocycles. The van der Waals surface area contributed by atoms with Crippen molar-refractivity contribution in [1.82, 2.24) is 9.97 Å². The molecule has 2 nitrogen and oxygen atoms in total. The molecule has 20 heavy (non-hydrogen) atoms. The zero-order valence-corrected chi connectivity index (χ0v) is 12.9. The van der Waals surface area contributed by atoms with Gasteiger partial charge >= 0.3 is 0 Å². The number of nitrogens with one attached hydrogen (secondary N) is 1. The van der Waals surface area contributed by atoms with Gasteiger partial charge in [0.2, 0.25) is 0 Å². The maximum absolute atomic E-state index is 5.43.